The number of carbonyl (C=O) groups excluding carboxylic acids is 1. The number of nitrogens with zero attached hydrogens (tertiary/aromatic N) is 1. The Bertz CT molecular complexity index is 146. The molecule has 0 fully saturated rings. The van der Waals surface area contributed by atoms with Gasteiger partial charge in [-0.15, -0.1) is 0 Å². The molecule has 5 N–H and O–H groups in total. The first kappa shape index (κ1) is 12.3. The van der Waals surface area contributed by atoms with Crippen LogP contribution in [0.2, 0.25) is 0 Å². The Morgan fingerprint density at radius 2 is 2.15 bits per heavy atom. The second-order valence-electron chi connectivity index (χ2n) is 3.03. The predicted octanol–water partition coefficient (Wildman–Crippen LogP) is -1.50. The summed E-state index contributed by atoms with van der Waals surface area (Å²) in [5.41, 5.74) is 10.5. The van der Waals surface area contributed by atoms with Crippen molar-refractivity contribution in [2.75, 3.05) is 26.2 Å². The lowest BCUT2D eigenvalue weighted by atomic mass is 10.2. The maximum Gasteiger partial charge on any atom is 0.235 e. The maximum absolute atomic E-state index is 10.7. The zero-order valence-corrected chi connectivity index (χ0v) is 8.07. The average Bonchev–Trinajstić information content (AvgIpc) is 2.05. The van der Waals surface area contributed by atoms with Crippen molar-refractivity contribution in [3.63, 3.8) is 0 Å². The summed E-state index contributed by atoms with van der Waals surface area (Å²) in [5.74, 6) is -0.501. The van der Waals surface area contributed by atoms with Gasteiger partial charge in [-0.2, -0.15) is 0 Å². The van der Waals surface area contributed by atoms with E-state index in [1.807, 2.05) is 11.8 Å². The molecule has 0 bridgehead atoms. The van der Waals surface area contributed by atoms with Gasteiger partial charge in [0, 0.05) is 13.1 Å². The average molecular weight is 189 g/mol. The highest BCUT2D eigenvalue weighted by atomic mass is 16.3. The van der Waals surface area contributed by atoms with Crippen LogP contribution in [0.25, 0.3) is 0 Å². The molecule has 0 saturated carbocycles. The van der Waals surface area contributed by atoms with E-state index in [-0.39, 0.29) is 6.61 Å². The Kier molecular flexibility index (Phi) is 6.48. The Balaban J connectivity index is 3.85. The largest absolute Gasteiger partial charge is 0.395 e. The number of hydrogen-bond donors (Lipinski definition) is 3. The lowest BCUT2D eigenvalue weighted by molar-refractivity contribution is -0.119. The molecule has 0 heterocycles. The minimum absolute atomic E-state index is 0.0749. The monoisotopic (exact) mass is 189 g/mol. The van der Waals surface area contributed by atoms with E-state index in [0.29, 0.717) is 13.1 Å². The molecule has 78 valence electrons. The molecule has 0 aliphatic rings. The van der Waals surface area contributed by atoms with E-state index < -0.39 is 11.9 Å². The smallest absolute Gasteiger partial charge is 0.235 e. The summed E-state index contributed by atoms with van der Waals surface area (Å²) in [7, 11) is 0. The standard InChI is InChI=1S/C8H19N3O2/c1-2-3-11(4-5-12)6-7(9)8(10)13/h7,12H,2-6,9H2,1H3,(H2,10,13). The van der Waals surface area contributed by atoms with E-state index in [1.165, 1.54) is 0 Å². The summed E-state index contributed by atoms with van der Waals surface area (Å²) in [4.78, 5) is 12.6. The van der Waals surface area contributed by atoms with Crippen LogP contribution in [-0.4, -0.2) is 48.2 Å². The van der Waals surface area contributed by atoms with Crippen LogP contribution in [-0.2, 0) is 4.79 Å². The molecule has 1 unspecified atom stereocenters. The summed E-state index contributed by atoms with van der Waals surface area (Å²) in [6, 6.07) is -0.641. The maximum atomic E-state index is 10.7. The fourth-order valence-corrected chi connectivity index (χ4v) is 1.12. The molecule has 0 aliphatic heterocycles. The number of rotatable bonds is 7. The Labute approximate surface area is 78.7 Å². The second-order valence-corrected chi connectivity index (χ2v) is 3.03. The van der Waals surface area contributed by atoms with Crippen LogP contribution >= 0.6 is 0 Å². The number of amides is 1. The third-order valence-corrected chi connectivity index (χ3v) is 1.78. The van der Waals surface area contributed by atoms with Crippen molar-refractivity contribution < 1.29 is 9.90 Å². The Morgan fingerprint density at radius 1 is 1.54 bits per heavy atom. The summed E-state index contributed by atoms with van der Waals surface area (Å²) in [6.07, 6.45) is 0.964. The molecular weight excluding hydrogens is 170 g/mol. The molecule has 0 aliphatic carbocycles. The topological polar surface area (TPSA) is 92.6 Å². The molecule has 0 saturated heterocycles. The van der Waals surface area contributed by atoms with Crippen LogP contribution in [0.4, 0.5) is 0 Å². The first-order chi connectivity index (χ1) is 6.11. The summed E-state index contributed by atoms with van der Waals surface area (Å²) >= 11 is 0. The van der Waals surface area contributed by atoms with Crippen LogP contribution < -0.4 is 11.5 Å². The lowest BCUT2D eigenvalue weighted by Crippen LogP contribution is -2.46. The van der Waals surface area contributed by atoms with E-state index in [4.69, 9.17) is 16.6 Å². The SMILES string of the molecule is CCCN(CCO)CC(N)C(N)=O. The highest BCUT2D eigenvalue weighted by Gasteiger charge is 2.13. The van der Waals surface area contributed by atoms with Gasteiger partial charge < -0.3 is 16.6 Å². The minimum Gasteiger partial charge on any atom is -0.395 e. The number of aliphatic hydroxyl groups excluding tert-OH is 1. The second kappa shape index (κ2) is 6.82. The third kappa shape index (κ3) is 5.57. The van der Waals surface area contributed by atoms with Crippen LogP contribution in [0.5, 0.6) is 0 Å². The van der Waals surface area contributed by atoms with Crippen molar-refractivity contribution in [2.24, 2.45) is 11.5 Å². The first-order valence-corrected chi connectivity index (χ1v) is 4.50. The predicted molar refractivity (Wildman–Crippen MR) is 51.0 cm³/mol. The van der Waals surface area contributed by atoms with E-state index in [2.05, 4.69) is 0 Å². The highest BCUT2D eigenvalue weighted by molar-refractivity contribution is 5.79. The molecule has 1 amide bonds. The van der Waals surface area contributed by atoms with Crippen molar-refractivity contribution in [3.05, 3.63) is 0 Å². The molecule has 5 nitrogen and oxygen atoms in total. The molecule has 0 aromatic rings. The van der Waals surface area contributed by atoms with Gasteiger partial charge in [0.2, 0.25) is 5.91 Å². The van der Waals surface area contributed by atoms with Gasteiger partial charge in [0.25, 0.3) is 0 Å². The number of primary amides is 1. The van der Waals surface area contributed by atoms with Crippen LogP contribution in [0.15, 0.2) is 0 Å². The minimum atomic E-state index is -0.641. The Morgan fingerprint density at radius 3 is 2.54 bits per heavy atom. The van der Waals surface area contributed by atoms with Crippen molar-refractivity contribution in [2.45, 2.75) is 19.4 Å². The van der Waals surface area contributed by atoms with Gasteiger partial charge in [-0.1, -0.05) is 6.92 Å². The zero-order chi connectivity index (χ0) is 10.3. The summed E-state index contributed by atoms with van der Waals surface area (Å²) < 4.78 is 0. The highest BCUT2D eigenvalue weighted by Crippen LogP contribution is 1.92. The van der Waals surface area contributed by atoms with Crippen LogP contribution in [0.1, 0.15) is 13.3 Å². The van der Waals surface area contributed by atoms with Crippen molar-refractivity contribution >= 4 is 5.91 Å². The van der Waals surface area contributed by atoms with E-state index in [0.717, 1.165) is 13.0 Å². The Hall–Kier alpha value is -0.650. The summed E-state index contributed by atoms with van der Waals surface area (Å²) in [6.45, 7) is 3.88. The molecule has 0 aromatic heterocycles. The quantitative estimate of drug-likeness (QED) is 0.454. The normalized spacial score (nSPS) is 13.2. The van der Waals surface area contributed by atoms with Gasteiger partial charge in [0.05, 0.1) is 12.6 Å². The molecule has 0 aromatic carbocycles. The molecule has 5 heteroatoms. The molecule has 0 rings (SSSR count). The fourth-order valence-electron chi connectivity index (χ4n) is 1.12. The van der Waals surface area contributed by atoms with Gasteiger partial charge in [-0.05, 0) is 13.0 Å². The number of nitrogens with two attached hydrogens (primary N) is 2. The van der Waals surface area contributed by atoms with Crippen LogP contribution in [0, 0.1) is 0 Å². The number of aliphatic hydroxyl groups is 1. The molecule has 0 radical (unpaired) electrons. The molecule has 13 heavy (non-hydrogen) atoms. The van der Waals surface area contributed by atoms with Gasteiger partial charge in [0.1, 0.15) is 0 Å². The third-order valence-electron chi connectivity index (χ3n) is 1.78. The molecule has 1 atom stereocenters. The lowest BCUT2D eigenvalue weighted by Gasteiger charge is -2.22. The van der Waals surface area contributed by atoms with E-state index >= 15 is 0 Å². The van der Waals surface area contributed by atoms with Crippen molar-refractivity contribution in [3.8, 4) is 0 Å². The van der Waals surface area contributed by atoms with Gasteiger partial charge in [-0.25, -0.2) is 0 Å². The van der Waals surface area contributed by atoms with Gasteiger partial charge in [0.15, 0.2) is 0 Å². The zero-order valence-electron chi connectivity index (χ0n) is 8.07. The van der Waals surface area contributed by atoms with E-state index in [9.17, 15) is 4.79 Å². The van der Waals surface area contributed by atoms with Crippen LogP contribution in [0.3, 0.4) is 0 Å². The molecular formula is C8H19N3O2. The van der Waals surface area contributed by atoms with E-state index in [1.54, 1.807) is 0 Å². The first-order valence-electron chi connectivity index (χ1n) is 4.50. The molecule has 0 spiro atoms. The fraction of sp³-hybridized carbons (Fsp3) is 0.875. The van der Waals surface area contributed by atoms with Gasteiger partial charge in [-0.3, -0.25) is 9.69 Å². The number of hydrogen-bond acceptors (Lipinski definition) is 4. The van der Waals surface area contributed by atoms with Gasteiger partial charge >= 0.3 is 0 Å². The number of carbonyl (C=O) groups is 1. The van der Waals surface area contributed by atoms with Crippen molar-refractivity contribution in [1.29, 1.82) is 0 Å². The van der Waals surface area contributed by atoms with Crippen molar-refractivity contribution in [1.82, 2.24) is 4.90 Å². The summed E-state index contributed by atoms with van der Waals surface area (Å²) in [5, 5.41) is 8.72.